The Kier molecular flexibility index (Phi) is 3.63. The summed E-state index contributed by atoms with van der Waals surface area (Å²) < 4.78 is 6.80. The lowest BCUT2D eigenvalue weighted by molar-refractivity contribution is 0.119. The molecule has 0 saturated heterocycles. The molecule has 1 heterocycles. The van der Waals surface area contributed by atoms with Crippen molar-refractivity contribution in [3.63, 3.8) is 0 Å². The van der Waals surface area contributed by atoms with Crippen molar-refractivity contribution in [2.75, 3.05) is 18.9 Å². The third-order valence-electron chi connectivity index (χ3n) is 2.79. The number of hydrogen-bond donors (Lipinski definition) is 2. The predicted octanol–water partition coefficient (Wildman–Crippen LogP) is -0.0645. The smallest absolute Gasteiger partial charge is 0.329 e. The molecule has 0 radical (unpaired) electrons. The van der Waals surface area contributed by atoms with Crippen LogP contribution in [-0.2, 0) is 11.3 Å². The van der Waals surface area contributed by atoms with Gasteiger partial charge in [-0.05, 0) is 25.2 Å². The van der Waals surface area contributed by atoms with Crippen LogP contribution in [0.15, 0.2) is 15.7 Å². The summed E-state index contributed by atoms with van der Waals surface area (Å²) in [6.07, 6.45) is 3.25. The van der Waals surface area contributed by atoms with E-state index in [2.05, 4.69) is 4.98 Å². The van der Waals surface area contributed by atoms with Gasteiger partial charge in [-0.1, -0.05) is 0 Å². The number of nitrogen functional groups attached to an aromatic ring is 1. The summed E-state index contributed by atoms with van der Waals surface area (Å²) in [7, 11) is 0. The van der Waals surface area contributed by atoms with Gasteiger partial charge in [0, 0.05) is 25.8 Å². The van der Waals surface area contributed by atoms with Crippen LogP contribution in [0.3, 0.4) is 0 Å². The number of ether oxygens (including phenoxy) is 1. The minimum absolute atomic E-state index is 0.195. The van der Waals surface area contributed by atoms with Crippen molar-refractivity contribution in [2.45, 2.75) is 25.8 Å². The largest absolute Gasteiger partial charge is 0.385 e. The normalized spacial score (nSPS) is 15.1. The minimum atomic E-state index is -0.464. The molecule has 0 aromatic carbocycles. The summed E-state index contributed by atoms with van der Waals surface area (Å²) in [5.41, 5.74) is 4.67. The molecule has 0 aliphatic heterocycles. The number of hydrogen-bond acceptors (Lipinski definition) is 4. The molecule has 1 aliphatic rings. The Hall–Kier alpha value is -1.56. The van der Waals surface area contributed by atoms with E-state index in [0.29, 0.717) is 19.6 Å². The number of H-pyrrole nitrogens is 1. The molecule has 1 fully saturated rings. The lowest BCUT2D eigenvalue weighted by atomic mass is 10.4. The molecular formula is C11H17N3O3. The van der Waals surface area contributed by atoms with Gasteiger partial charge in [-0.25, -0.2) is 4.79 Å². The maximum atomic E-state index is 11.4. The second-order valence-corrected chi connectivity index (χ2v) is 4.39. The fraction of sp³-hybridized carbons (Fsp3) is 0.636. The Balaban J connectivity index is 1.81. The second kappa shape index (κ2) is 5.18. The molecule has 1 aromatic rings. The van der Waals surface area contributed by atoms with E-state index in [-0.39, 0.29) is 5.82 Å². The molecule has 1 saturated carbocycles. The molecule has 0 spiro atoms. The van der Waals surface area contributed by atoms with Gasteiger partial charge < -0.3 is 10.5 Å². The third-order valence-corrected chi connectivity index (χ3v) is 2.79. The summed E-state index contributed by atoms with van der Waals surface area (Å²) in [4.78, 5) is 24.6. The highest BCUT2D eigenvalue weighted by molar-refractivity contribution is 5.25. The number of anilines is 1. The first kappa shape index (κ1) is 11.9. The van der Waals surface area contributed by atoms with Gasteiger partial charge in [-0.2, -0.15) is 0 Å². The van der Waals surface area contributed by atoms with E-state index in [4.69, 9.17) is 10.5 Å². The zero-order chi connectivity index (χ0) is 12.3. The van der Waals surface area contributed by atoms with Gasteiger partial charge in [-0.15, -0.1) is 0 Å². The maximum absolute atomic E-state index is 11.4. The summed E-state index contributed by atoms with van der Waals surface area (Å²) >= 11 is 0. The molecule has 94 valence electrons. The van der Waals surface area contributed by atoms with Crippen LogP contribution < -0.4 is 17.0 Å². The van der Waals surface area contributed by atoms with Gasteiger partial charge in [0.1, 0.15) is 5.82 Å². The molecule has 1 aliphatic carbocycles. The molecule has 6 heteroatoms. The number of nitrogens with two attached hydrogens (primary N) is 1. The van der Waals surface area contributed by atoms with Crippen molar-refractivity contribution in [1.82, 2.24) is 9.55 Å². The number of rotatable bonds is 6. The topological polar surface area (TPSA) is 90.1 Å². The summed E-state index contributed by atoms with van der Waals surface area (Å²) in [6, 6.07) is 1.21. The SMILES string of the molecule is Nc1cc(=O)[nH]c(=O)n1CCCOCC1CC1. The number of nitrogens with zero attached hydrogens (tertiary/aromatic N) is 1. The molecule has 17 heavy (non-hydrogen) atoms. The molecule has 0 unspecified atom stereocenters. The highest BCUT2D eigenvalue weighted by Gasteiger charge is 2.20. The van der Waals surface area contributed by atoms with Crippen LogP contribution in [0.2, 0.25) is 0 Å². The Morgan fingerprint density at radius 2 is 2.24 bits per heavy atom. The van der Waals surface area contributed by atoms with Gasteiger partial charge in [0.25, 0.3) is 5.56 Å². The van der Waals surface area contributed by atoms with Gasteiger partial charge in [-0.3, -0.25) is 14.3 Å². The lowest BCUT2D eigenvalue weighted by Gasteiger charge is -2.08. The van der Waals surface area contributed by atoms with Crippen LogP contribution >= 0.6 is 0 Å². The Morgan fingerprint density at radius 3 is 2.88 bits per heavy atom. The van der Waals surface area contributed by atoms with E-state index < -0.39 is 11.2 Å². The van der Waals surface area contributed by atoms with Crippen molar-refractivity contribution in [1.29, 1.82) is 0 Å². The van der Waals surface area contributed by atoms with Crippen LogP contribution in [0.4, 0.5) is 5.82 Å². The second-order valence-electron chi connectivity index (χ2n) is 4.39. The number of aromatic amines is 1. The summed E-state index contributed by atoms with van der Waals surface area (Å²) in [6.45, 7) is 1.89. The first-order chi connectivity index (χ1) is 8.16. The third kappa shape index (κ3) is 3.45. The minimum Gasteiger partial charge on any atom is -0.385 e. The monoisotopic (exact) mass is 239 g/mol. The van der Waals surface area contributed by atoms with Crippen molar-refractivity contribution in [3.8, 4) is 0 Å². The summed E-state index contributed by atoms with van der Waals surface area (Å²) in [5, 5.41) is 0. The first-order valence-corrected chi connectivity index (χ1v) is 5.84. The molecule has 2 rings (SSSR count). The van der Waals surface area contributed by atoms with Crippen LogP contribution in [0.5, 0.6) is 0 Å². The van der Waals surface area contributed by atoms with Crippen LogP contribution in [0, 0.1) is 5.92 Å². The summed E-state index contributed by atoms with van der Waals surface area (Å²) in [5.74, 6) is 0.941. The quantitative estimate of drug-likeness (QED) is 0.680. The zero-order valence-corrected chi connectivity index (χ0v) is 9.65. The van der Waals surface area contributed by atoms with E-state index in [1.165, 1.54) is 23.5 Å². The van der Waals surface area contributed by atoms with Gasteiger partial charge in [0.2, 0.25) is 0 Å². The van der Waals surface area contributed by atoms with Gasteiger partial charge in [0.15, 0.2) is 0 Å². The average molecular weight is 239 g/mol. The van der Waals surface area contributed by atoms with Crippen molar-refractivity contribution in [2.24, 2.45) is 5.92 Å². The van der Waals surface area contributed by atoms with Gasteiger partial charge >= 0.3 is 5.69 Å². The highest BCUT2D eigenvalue weighted by atomic mass is 16.5. The van der Waals surface area contributed by atoms with Crippen LogP contribution in [0.25, 0.3) is 0 Å². The number of nitrogens with one attached hydrogen (secondary N) is 1. The molecule has 3 N–H and O–H groups in total. The van der Waals surface area contributed by atoms with Gasteiger partial charge in [0.05, 0.1) is 0 Å². The molecule has 1 aromatic heterocycles. The zero-order valence-electron chi connectivity index (χ0n) is 9.65. The highest BCUT2D eigenvalue weighted by Crippen LogP contribution is 2.28. The Bertz CT molecular complexity index is 487. The Labute approximate surface area is 98.4 Å². The lowest BCUT2D eigenvalue weighted by Crippen LogP contribution is -2.31. The van der Waals surface area contributed by atoms with Crippen LogP contribution in [-0.4, -0.2) is 22.8 Å². The molecule has 0 atom stereocenters. The van der Waals surface area contributed by atoms with E-state index in [0.717, 1.165) is 12.5 Å². The molecule has 0 bridgehead atoms. The fourth-order valence-corrected chi connectivity index (χ4v) is 1.63. The van der Waals surface area contributed by atoms with E-state index >= 15 is 0 Å². The van der Waals surface area contributed by atoms with E-state index in [9.17, 15) is 9.59 Å². The van der Waals surface area contributed by atoms with Crippen molar-refractivity contribution >= 4 is 5.82 Å². The van der Waals surface area contributed by atoms with E-state index in [1.54, 1.807) is 0 Å². The Morgan fingerprint density at radius 1 is 1.47 bits per heavy atom. The molecular weight excluding hydrogens is 222 g/mol. The maximum Gasteiger partial charge on any atom is 0.329 e. The van der Waals surface area contributed by atoms with Crippen LogP contribution in [0.1, 0.15) is 19.3 Å². The predicted molar refractivity (Wildman–Crippen MR) is 63.9 cm³/mol. The van der Waals surface area contributed by atoms with E-state index in [1.807, 2.05) is 0 Å². The fourth-order valence-electron chi connectivity index (χ4n) is 1.63. The molecule has 0 amide bonds. The van der Waals surface area contributed by atoms with Crippen molar-refractivity contribution < 1.29 is 4.74 Å². The molecule has 6 nitrogen and oxygen atoms in total. The number of aromatic nitrogens is 2. The standard InChI is InChI=1S/C11H17N3O3/c12-9-6-10(15)13-11(16)14(9)4-1-5-17-7-8-2-3-8/h6,8H,1-5,7,12H2,(H,13,15,16). The first-order valence-electron chi connectivity index (χ1n) is 5.84. The average Bonchev–Trinajstić information content (AvgIpc) is 3.04. The van der Waals surface area contributed by atoms with Crippen molar-refractivity contribution in [3.05, 3.63) is 26.9 Å².